The Balaban J connectivity index is 0.000000501. The smallest absolute Gasteiger partial charge is 0.414 e. The highest BCUT2D eigenvalue weighted by Gasteiger charge is 2.27. The maximum absolute atomic E-state index is 12.5. The number of hydrogen-bond donors (Lipinski definition) is 2. The van der Waals surface area contributed by atoms with Crippen molar-refractivity contribution in [2.24, 2.45) is 0 Å². The van der Waals surface area contributed by atoms with Gasteiger partial charge in [0, 0.05) is 26.2 Å². The molecular weight excluding hydrogens is 408 g/mol. The molecule has 0 aliphatic carbocycles. The Labute approximate surface area is 178 Å². The largest absolute Gasteiger partial charge is 0.481 e. The molecule has 1 aliphatic heterocycles. The number of nitrogens with zero attached hydrogens (tertiary/aromatic N) is 2. The van der Waals surface area contributed by atoms with Gasteiger partial charge in [-0.05, 0) is 31.2 Å². The highest BCUT2D eigenvalue weighted by Crippen LogP contribution is 2.13. The summed E-state index contributed by atoms with van der Waals surface area (Å²) in [7, 11) is 0. The number of furan rings is 1. The molecular formula is C21H24N2O8. The van der Waals surface area contributed by atoms with Crippen molar-refractivity contribution in [3.05, 3.63) is 54.5 Å². The van der Waals surface area contributed by atoms with Gasteiger partial charge in [-0.25, -0.2) is 9.59 Å². The van der Waals surface area contributed by atoms with Crippen LogP contribution in [0.3, 0.4) is 0 Å². The molecule has 31 heavy (non-hydrogen) atoms. The Morgan fingerprint density at radius 1 is 0.968 bits per heavy atom. The van der Waals surface area contributed by atoms with Gasteiger partial charge < -0.3 is 24.3 Å². The quantitative estimate of drug-likeness (QED) is 0.510. The van der Waals surface area contributed by atoms with Crippen LogP contribution in [-0.4, -0.2) is 82.5 Å². The molecule has 0 radical (unpaired) electrons. The first kappa shape index (κ1) is 23.6. The predicted molar refractivity (Wildman–Crippen MR) is 108 cm³/mol. The SMILES string of the molecule is CC(Oc1ccccc1)C(=O)N1CCN(CC(=O)c2ccco2)CC1.O=C(O)C(=O)O. The van der Waals surface area contributed by atoms with Gasteiger partial charge in [-0.2, -0.15) is 0 Å². The number of para-hydroxylation sites is 1. The van der Waals surface area contributed by atoms with Gasteiger partial charge in [0.2, 0.25) is 5.78 Å². The maximum Gasteiger partial charge on any atom is 0.414 e. The van der Waals surface area contributed by atoms with Crippen LogP contribution in [0, 0.1) is 0 Å². The summed E-state index contributed by atoms with van der Waals surface area (Å²) >= 11 is 0. The zero-order valence-corrected chi connectivity index (χ0v) is 17.0. The van der Waals surface area contributed by atoms with Crippen LogP contribution in [-0.2, 0) is 14.4 Å². The topological polar surface area (TPSA) is 138 Å². The Hall–Kier alpha value is -3.66. The Morgan fingerprint density at radius 3 is 2.10 bits per heavy atom. The summed E-state index contributed by atoms with van der Waals surface area (Å²) in [6.07, 6.45) is 0.969. The van der Waals surface area contributed by atoms with E-state index in [2.05, 4.69) is 0 Å². The van der Waals surface area contributed by atoms with E-state index in [1.807, 2.05) is 35.2 Å². The molecule has 2 heterocycles. The van der Waals surface area contributed by atoms with Gasteiger partial charge in [0.1, 0.15) is 5.75 Å². The molecule has 1 unspecified atom stereocenters. The standard InChI is InChI=1S/C19H22N2O4.C2H2O4/c1-15(25-16-6-3-2-4-7-16)19(23)21-11-9-20(10-12-21)14-17(22)18-8-5-13-24-18;3-1(4)2(5)6/h2-8,13,15H,9-12,14H2,1H3;(H,3,4)(H,5,6). The lowest BCUT2D eigenvalue weighted by Crippen LogP contribution is -2.52. The number of amides is 1. The third-order valence-corrected chi connectivity index (χ3v) is 4.43. The van der Waals surface area contributed by atoms with E-state index in [4.69, 9.17) is 29.0 Å². The zero-order valence-electron chi connectivity index (χ0n) is 17.0. The van der Waals surface area contributed by atoms with Crippen molar-refractivity contribution in [3.8, 4) is 5.75 Å². The van der Waals surface area contributed by atoms with Gasteiger partial charge in [-0.3, -0.25) is 14.5 Å². The van der Waals surface area contributed by atoms with Crippen LogP contribution < -0.4 is 4.74 Å². The molecule has 166 valence electrons. The van der Waals surface area contributed by atoms with Gasteiger partial charge >= 0.3 is 11.9 Å². The van der Waals surface area contributed by atoms with Gasteiger partial charge in [0.15, 0.2) is 11.9 Å². The van der Waals surface area contributed by atoms with E-state index < -0.39 is 18.0 Å². The van der Waals surface area contributed by atoms with Crippen molar-refractivity contribution < 1.29 is 38.5 Å². The van der Waals surface area contributed by atoms with E-state index in [0.717, 1.165) is 0 Å². The fourth-order valence-electron chi connectivity index (χ4n) is 2.86. The molecule has 1 aromatic carbocycles. The van der Waals surface area contributed by atoms with Crippen LogP contribution in [0.2, 0.25) is 0 Å². The summed E-state index contributed by atoms with van der Waals surface area (Å²) in [4.78, 5) is 46.6. The number of carbonyl (C=O) groups is 4. The highest BCUT2D eigenvalue weighted by molar-refractivity contribution is 6.27. The van der Waals surface area contributed by atoms with Gasteiger partial charge in [0.05, 0.1) is 12.8 Å². The molecule has 2 aromatic rings. The molecule has 2 N–H and O–H groups in total. The maximum atomic E-state index is 12.5. The number of hydrogen-bond acceptors (Lipinski definition) is 7. The molecule has 1 fully saturated rings. The zero-order chi connectivity index (χ0) is 22.8. The van der Waals surface area contributed by atoms with E-state index in [1.165, 1.54) is 6.26 Å². The van der Waals surface area contributed by atoms with Crippen LogP contribution in [0.15, 0.2) is 53.1 Å². The van der Waals surface area contributed by atoms with Gasteiger partial charge in [-0.1, -0.05) is 18.2 Å². The molecule has 1 atom stereocenters. The minimum Gasteiger partial charge on any atom is -0.481 e. The summed E-state index contributed by atoms with van der Waals surface area (Å²) in [5, 5.41) is 14.8. The van der Waals surface area contributed by atoms with E-state index in [1.54, 1.807) is 24.0 Å². The van der Waals surface area contributed by atoms with Gasteiger partial charge in [-0.15, -0.1) is 0 Å². The number of carbonyl (C=O) groups excluding carboxylic acids is 2. The lowest BCUT2D eigenvalue weighted by molar-refractivity contribution is -0.159. The fraction of sp³-hybridized carbons (Fsp3) is 0.333. The summed E-state index contributed by atoms with van der Waals surface area (Å²) in [5.41, 5.74) is 0. The molecule has 1 saturated heterocycles. The summed E-state index contributed by atoms with van der Waals surface area (Å²) in [6, 6.07) is 12.7. The van der Waals surface area contributed by atoms with Crippen molar-refractivity contribution in [1.29, 1.82) is 0 Å². The monoisotopic (exact) mass is 432 g/mol. The van der Waals surface area contributed by atoms with E-state index in [-0.39, 0.29) is 11.7 Å². The minimum absolute atomic E-state index is 0.0270. The highest BCUT2D eigenvalue weighted by atomic mass is 16.5. The molecule has 0 spiro atoms. The second-order valence-corrected chi connectivity index (χ2v) is 6.69. The van der Waals surface area contributed by atoms with Crippen LogP contribution in [0.25, 0.3) is 0 Å². The molecule has 0 saturated carbocycles. The number of benzene rings is 1. The molecule has 0 bridgehead atoms. The van der Waals surface area contributed by atoms with E-state index >= 15 is 0 Å². The second-order valence-electron chi connectivity index (χ2n) is 6.69. The summed E-state index contributed by atoms with van der Waals surface area (Å²) in [5.74, 6) is -2.65. The summed E-state index contributed by atoms with van der Waals surface area (Å²) in [6.45, 7) is 4.58. The number of Topliss-reactive ketones (excluding diaryl/α,β-unsaturated/α-hetero) is 1. The molecule has 3 rings (SSSR count). The Kier molecular flexibility index (Phi) is 8.77. The molecule has 10 heteroatoms. The average molecular weight is 432 g/mol. The van der Waals surface area contributed by atoms with Crippen molar-refractivity contribution in [3.63, 3.8) is 0 Å². The van der Waals surface area contributed by atoms with Crippen LogP contribution in [0.4, 0.5) is 0 Å². The van der Waals surface area contributed by atoms with Gasteiger partial charge in [0.25, 0.3) is 5.91 Å². The number of ether oxygens (including phenoxy) is 1. The second kappa shape index (κ2) is 11.5. The first-order valence-electron chi connectivity index (χ1n) is 9.53. The molecule has 1 amide bonds. The third kappa shape index (κ3) is 7.59. The van der Waals surface area contributed by atoms with Crippen LogP contribution in [0.5, 0.6) is 5.75 Å². The average Bonchev–Trinajstić information content (AvgIpc) is 3.30. The van der Waals surface area contributed by atoms with Crippen LogP contribution in [0.1, 0.15) is 17.5 Å². The molecule has 1 aliphatic rings. The first-order chi connectivity index (χ1) is 14.8. The minimum atomic E-state index is -1.82. The van der Waals surface area contributed by atoms with E-state index in [9.17, 15) is 9.59 Å². The lowest BCUT2D eigenvalue weighted by atomic mass is 10.2. The van der Waals surface area contributed by atoms with Crippen molar-refractivity contribution in [2.75, 3.05) is 32.7 Å². The number of ketones is 1. The van der Waals surface area contributed by atoms with Crippen molar-refractivity contribution >= 4 is 23.6 Å². The molecule has 1 aromatic heterocycles. The fourth-order valence-corrected chi connectivity index (χ4v) is 2.86. The number of piperazine rings is 1. The Bertz CT molecular complexity index is 862. The number of rotatable bonds is 6. The number of carboxylic acids is 2. The third-order valence-electron chi connectivity index (χ3n) is 4.43. The van der Waals surface area contributed by atoms with Crippen molar-refractivity contribution in [1.82, 2.24) is 9.80 Å². The van der Waals surface area contributed by atoms with Crippen LogP contribution >= 0.6 is 0 Å². The first-order valence-corrected chi connectivity index (χ1v) is 9.53. The number of carboxylic acid groups (broad SMARTS) is 2. The van der Waals surface area contributed by atoms with Crippen molar-refractivity contribution in [2.45, 2.75) is 13.0 Å². The van der Waals surface area contributed by atoms with E-state index in [0.29, 0.717) is 44.2 Å². The number of aliphatic carboxylic acids is 2. The normalized spacial score (nSPS) is 14.7. The Morgan fingerprint density at radius 2 is 1.58 bits per heavy atom. The predicted octanol–water partition coefficient (Wildman–Crippen LogP) is 1.23. The summed E-state index contributed by atoms with van der Waals surface area (Å²) < 4.78 is 10.8. The lowest BCUT2D eigenvalue weighted by Gasteiger charge is -2.35. The molecule has 10 nitrogen and oxygen atoms in total.